The minimum Gasteiger partial charge on any atom is -0.378 e. The van der Waals surface area contributed by atoms with Gasteiger partial charge in [0.1, 0.15) is 0 Å². The molecule has 0 atom stereocenters. The number of hydrazine groups is 4. The fourth-order valence-electron chi connectivity index (χ4n) is 0.882. The largest absolute Gasteiger partial charge is 0.378 e. The quantitative estimate of drug-likeness (QED) is 0.164. The van der Waals surface area contributed by atoms with Gasteiger partial charge in [-0.2, -0.15) is 10.2 Å². The number of nitrogens with two attached hydrogens (primary N) is 4. The van der Waals surface area contributed by atoms with Crippen LogP contribution in [-0.2, 0) is 14.2 Å². The Labute approximate surface area is 101 Å². The molecule has 0 heterocycles. The van der Waals surface area contributed by atoms with Crippen LogP contribution in [0.5, 0.6) is 0 Å². The monoisotopic (exact) mass is 252 g/mol. The fraction of sp³-hybridized carbons (Fsp3) is 1.00. The highest BCUT2D eigenvalue weighted by Gasteiger charge is 1.94. The molecule has 0 aromatic carbocycles. The molecule has 0 aliphatic heterocycles. The van der Waals surface area contributed by atoms with Crippen molar-refractivity contribution in [2.45, 2.75) is 0 Å². The Bertz CT molecular complexity index is 144. The van der Waals surface area contributed by atoms with E-state index in [9.17, 15) is 0 Å². The summed E-state index contributed by atoms with van der Waals surface area (Å²) in [6.45, 7) is 3.97. The van der Waals surface area contributed by atoms with Gasteiger partial charge in [-0.15, -0.1) is 0 Å². The summed E-state index contributed by atoms with van der Waals surface area (Å²) in [4.78, 5) is 0. The molecule has 0 unspecified atom stereocenters. The maximum Gasteiger partial charge on any atom is 0.0701 e. The molecule has 0 amide bonds. The Balaban J connectivity index is 2.94. The molecular formula is C8H24N6O3. The third kappa shape index (κ3) is 15.6. The van der Waals surface area contributed by atoms with Gasteiger partial charge in [0.2, 0.25) is 0 Å². The van der Waals surface area contributed by atoms with E-state index >= 15 is 0 Å². The van der Waals surface area contributed by atoms with Gasteiger partial charge >= 0.3 is 0 Å². The van der Waals surface area contributed by atoms with Gasteiger partial charge in [-0.25, -0.2) is 0 Å². The normalized spacial score (nSPS) is 11.6. The Morgan fingerprint density at radius 2 is 0.824 bits per heavy atom. The first-order chi connectivity index (χ1) is 8.13. The van der Waals surface area contributed by atoms with Gasteiger partial charge in [0.25, 0.3) is 0 Å². The van der Waals surface area contributed by atoms with Gasteiger partial charge < -0.3 is 14.2 Å². The van der Waals surface area contributed by atoms with Crippen LogP contribution in [0.25, 0.3) is 0 Å². The average molecular weight is 252 g/mol. The van der Waals surface area contributed by atoms with Crippen molar-refractivity contribution in [3.63, 3.8) is 0 Å². The lowest BCUT2D eigenvalue weighted by atomic mass is 10.6. The van der Waals surface area contributed by atoms with Gasteiger partial charge in [0, 0.05) is 0 Å². The molecular weight excluding hydrogens is 228 g/mol. The second-order valence-electron chi connectivity index (χ2n) is 3.31. The highest BCUT2D eigenvalue weighted by Crippen LogP contribution is 1.81. The molecule has 0 fully saturated rings. The second-order valence-corrected chi connectivity index (χ2v) is 3.31. The molecule has 0 saturated carbocycles. The van der Waals surface area contributed by atoms with E-state index in [1.54, 1.807) is 0 Å². The molecule has 0 bridgehead atoms. The van der Waals surface area contributed by atoms with Crippen LogP contribution in [0, 0.1) is 0 Å². The number of ether oxygens (including phenoxy) is 3. The molecule has 0 aliphatic carbocycles. The van der Waals surface area contributed by atoms with E-state index in [2.05, 4.69) is 0 Å². The SMILES string of the molecule is NN(N)CCOCCOCCOCCN(N)N. The molecule has 0 aromatic heterocycles. The standard InChI is InChI=1S/C8H24N6O3/c9-13(10)1-3-15-5-7-17-8-6-16-4-2-14(11)12/h1-12H2. The minimum absolute atomic E-state index is 0.482. The molecule has 9 nitrogen and oxygen atoms in total. The first-order valence-electron chi connectivity index (χ1n) is 5.40. The predicted octanol–water partition coefficient (Wildman–Crippen LogP) is -2.86. The van der Waals surface area contributed by atoms with Crippen LogP contribution < -0.4 is 23.4 Å². The summed E-state index contributed by atoms with van der Waals surface area (Å²) in [6, 6.07) is 0. The van der Waals surface area contributed by atoms with Gasteiger partial charge in [0.05, 0.1) is 52.7 Å². The predicted molar refractivity (Wildman–Crippen MR) is 62.6 cm³/mol. The lowest BCUT2D eigenvalue weighted by molar-refractivity contribution is 0.00699. The number of nitrogens with zero attached hydrogens (tertiary/aromatic N) is 2. The molecule has 104 valence electrons. The summed E-state index contributed by atoms with van der Waals surface area (Å²) in [5.41, 5.74) is 0. The maximum atomic E-state index is 5.25. The first kappa shape index (κ1) is 16.6. The third-order valence-electron chi connectivity index (χ3n) is 1.73. The first-order valence-corrected chi connectivity index (χ1v) is 5.40. The lowest BCUT2D eigenvalue weighted by Crippen LogP contribution is -2.40. The van der Waals surface area contributed by atoms with Crippen molar-refractivity contribution in [3.05, 3.63) is 0 Å². The Hall–Kier alpha value is -0.360. The summed E-state index contributed by atoms with van der Waals surface area (Å²) in [7, 11) is 0. The van der Waals surface area contributed by atoms with Crippen molar-refractivity contribution < 1.29 is 14.2 Å². The zero-order valence-corrected chi connectivity index (χ0v) is 10.1. The Morgan fingerprint density at radius 1 is 0.529 bits per heavy atom. The van der Waals surface area contributed by atoms with Crippen LogP contribution in [0.1, 0.15) is 0 Å². The van der Waals surface area contributed by atoms with E-state index in [4.69, 9.17) is 37.6 Å². The molecule has 0 saturated heterocycles. The maximum absolute atomic E-state index is 5.25. The van der Waals surface area contributed by atoms with Crippen molar-refractivity contribution in [3.8, 4) is 0 Å². The molecule has 17 heavy (non-hydrogen) atoms. The zero-order chi connectivity index (χ0) is 12.9. The second kappa shape index (κ2) is 12.1. The van der Waals surface area contributed by atoms with E-state index in [0.29, 0.717) is 52.7 Å². The highest BCUT2D eigenvalue weighted by molar-refractivity contribution is 4.38. The van der Waals surface area contributed by atoms with E-state index in [0.717, 1.165) is 10.2 Å². The van der Waals surface area contributed by atoms with Gasteiger partial charge in [-0.05, 0) is 0 Å². The average Bonchev–Trinajstić information content (AvgIpc) is 2.25. The lowest BCUT2D eigenvalue weighted by Gasteiger charge is -2.10. The molecule has 0 spiro atoms. The van der Waals surface area contributed by atoms with Crippen molar-refractivity contribution in [1.82, 2.24) is 10.2 Å². The van der Waals surface area contributed by atoms with E-state index in [1.807, 2.05) is 0 Å². The summed E-state index contributed by atoms with van der Waals surface area (Å²) < 4.78 is 15.6. The van der Waals surface area contributed by atoms with Gasteiger partial charge in [-0.1, -0.05) is 0 Å². The fourth-order valence-corrected chi connectivity index (χ4v) is 0.882. The summed E-state index contributed by atoms with van der Waals surface area (Å²) in [5.74, 6) is 20.7. The third-order valence-corrected chi connectivity index (χ3v) is 1.73. The van der Waals surface area contributed by atoms with Gasteiger partial charge in [0.15, 0.2) is 0 Å². The van der Waals surface area contributed by atoms with Crippen LogP contribution in [0.15, 0.2) is 0 Å². The van der Waals surface area contributed by atoms with Crippen LogP contribution >= 0.6 is 0 Å². The van der Waals surface area contributed by atoms with Crippen LogP contribution in [0.4, 0.5) is 0 Å². The van der Waals surface area contributed by atoms with Crippen LogP contribution in [0.2, 0.25) is 0 Å². The Morgan fingerprint density at radius 3 is 1.12 bits per heavy atom. The molecule has 9 heteroatoms. The topological polar surface area (TPSA) is 138 Å². The molecule has 0 aliphatic rings. The Kier molecular flexibility index (Phi) is 11.8. The van der Waals surface area contributed by atoms with E-state index in [1.165, 1.54) is 0 Å². The molecule has 8 N–H and O–H groups in total. The minimum atomic E-state index is 0.482. The zero-order valence-electron chi connectivity index (χ0n) is 10.1. The van der Waals surface area contributed by atoms with Crippen molar-refractivity contribution in [2.75, 3.05) is 52.7 Å². The van der Waals surface area contributed by atoms with E-state index in [-0.39, 0.29) is 0 Å². The van der Waals surface area contributed by atoms with Gasteiger partial charge in [-0.3, -0.25) is 23.4 Å². The molecule has 0 radical (unpaired) electrons. The number of hydrogen-bond donors (Lipinski definition) is 4. The van der Waals surface area contributed by atoms with Crippen LogP contribution in [0.3, 0.4) is 0 Å². The summed E-state index contributed by atoms with van der Waals surface area (Å²) in [5, 5.41) is 2.15. The smallest absolute Gasteiger partial charge is 0.0701 e. The number of rotatable bonds is 12. The highest BCUT2D eigenvalue weighted by atomic mass is 16.5. The van der Waals surface area contributed by atoms with Crippen molar-refractivity contribution in [1.29, 1.82) is 0 Å². The van der Waals surface area contributed by atoms with Crippen molar-refractivity contribution >= 4 is 0 Å². The summed E-state index contributed by atoms with van der Waals surface area (Å²) in [6.07, 6.45) is 0. The number of hydrogen-bond acceptors (Lipinski definition) is 9. The summed E-state index contributed by atoms with van der Waals surface area (Å²) >= 11 is 0. The molecule has 0 aromatic rings. The van der Waals surface area contributed by atoms with Crippen LogP contribution in [-0.4, -0.2) is 63.0 Å². The van der Waals surface area contributed by atoms with Crippen molar-refractivity contribution in [2.24, 2.45) is 23.4 Å². The molecule has 0 rings (SSSR count). The van der Waals surface area contributed by atoms with E-state index < -0.39 is 0 Å².